The molecule has 0 amide bonds. The summed E-state index contributed by atoms with van der Waals surface area (Å²) in [6.45, 7) is 0. The summed E-state index contributed by atoms with van der Waals surface area (Å²) < 4.78 is 60.1. The molecule has 168 valence electrons. The number of aliphatic imine (C=N–C) groups is 1. The summed E-state index contributed by atoms with van der Waals surface area (Å²) in [4.78, 5) is 6.10. The molecule has 2 aromatic carbocycles. The number of benzene rings is 2. The first-order valence-corrected chi connectivity index (χ1v) is 13.5. The Bertz CT molecular complexity index is 1220. The van der Waals surface area contributed by atoms with E-state index in [9.17, 15) is 21.4 Å². The largest absolute Gasteiger partial charge is 0.343 e. The van der Waals surface area contributed by atoms with Gasteiger partial charge >= 0.3 is 0 Å². The lowest BCUT2D eigenvalue weighted by Gasteiger charge is -2.36. The van der Waals surface area contributed by atoms with Crippen LogP contribution in [0.15, 0.2) is 58.4 Å². The molecule has 1 N–H and O–H groups in total. The Balaban J connectivity index is 2.17. The van der Waals surface area contributed by atoms with Crippen molar-refractivity contribution in [3.05, 3.63) is 59.1 Å². The lowest BCUT2D eigenvalue weighted by molar-refractivity contribution is 0.277. The van der Waals surface area contributed by atoms with Crippen LogP contribution in [-0.4, -0.2) is 68.4 Å². The van der Waals surface area contributed by atoms with Gasteiger partial charge in [-0.15, -0.1) is 0 Å². The van der Waals surface area contributed by atoms with Gasteiger partial charge in [-0.3, -0.25) is 4.55 Å². The smallest absolute Gasteiger partial charge is 0.267 e. The quantitative estimate of drug-likeness (QED) is 0.603. The maximum atomic E-state index is 12.7. The second-order valence-corrected chi connectivity index (χ2v) is 12.2. The Hall–Kier alpha value is -1.63. The van der Waals surface area contributed by atoms with Crippen molar-refractivity contribution in [1.29, 1.82) is 0 Å². The van der Waals surface area contributed by atoms with Gasteiger partial charge in [0.2, 0.25) is 10.0 Å². The molecule has 0 bridgehead atoms. The van der Waals surface area contributed by atoms with Gasteiger partial charge in [0, 0.05) is 26.9 Å². The first-order chi connectivity index (χ1) is 14.4. The van der Waals surface area contributed by atoms with Crippen molar-refractivity contribution in [3.63, 3.8) is 0 Å². The Kier molecular flexibility index (Phi) is 6.76. The summed E-state index contributed by atoms with van der Waals surface area (Å²) in [6.07, 6.45) is 0. The first kappa shape index (κ1) is 24.0. The number of para-hydroxylation sites is 1. The zero-order valence-electron chi connectivity index (χ0n) is 17.1. The Labute approximate surface area is 191 Å². The van der Waals surface area contributed by atoms with Crippen LogP contribution in [0, 0.1) is 0 Å². The van der Waals surface area contributed by atoms with Crippen LogP contribution in [0.25, 0.3) is 0 Å². The van der Waals surface area contributed by atoms with Crippen LogP contribution in [0.1, 0.15) is 5.56 Å². The van der Waals surface area contributed by atoms with E-state index in [2.05, 4.69) is 4.99 Å². The van der Waals surface area contributed by atoms with Crippen LogP contribution < -0.4 is 0 Å². The molecule has 0 aromatic heterocycles. The molecule has 1 atom stereocenters. The van der Waals surface area contributed by atoms with E-state index in [0.29, 0.717) is 16.4 Å². The van der Waals surface area contributed by atoms with Crippen molar-refractivity contribution < 1.29 is 21.4 Å². The number of hydrogen-bond donors (Lipinski definition) is 1. The second kappa shape index (κ2) is 8.72. The highest BCUT2D eigenvalue weighted by atomic mass is 35.5. The van der Waals surface area contributed by atoms with Crippen molar-refractivity contribution in [3.8, 4) is 0 Å². The van der Waals surface area contributed by atoms with Gasteiger partial charge in [-0.2, -0.15) is 8.42 Å². The van der Waals surface area contributed by atoms with Gasteiger partial charge in [0.1, 0.15) is 10.6 Å². The normalized spacial score (nSPS) is 21.2. The molecular formula is C19H22ClN3O5S3. The number of halogens is 1. The second-order valence-electron chi connectivity index (χ2n) is 7.27. The molecule has 0 aliphatic carbocycles. The minimum absolute atomic E-state index is 0.0194. The third-order valence-corrected chi connectivity index (χ3v) is 9.38. The molecule has 3 rings (SSSR count). The zero-order chi connectivity index (χ0) is 23.0. The standard InChI is InChI=1S/C19H22ClN3O5S3/c1-22(2)31(27,28)17-11-14(9-10-16(17)20)19(13-30(24,25)26)12-29-18(23(19)3)21-15-7-5-4-6-8-15/h4-11H,12-13H2,1-3H3,(H,24,25,26). The van der Waals surface area contributed by atoms with E-state index >= 15 is 0 Å². The SMILES string of the molecule is CN1C(=Nc2ccccc2)SCC1(CS(=O)(=O)O)c1ccc(Cl)c(S(=O)(=O)N(C)C)c1. The molecule has 31 heavy (non-hydrogen) atoms. The molecular weight excluding hydrogens is 482 g/mol. The van der Waals surface area contributed by atoms with Gasteiger partial charge in [0.05, 0.1) is 16.2 Å². The fourth-order valence-corrected chi connectivity index (χ4v) is 7.23. The highest BCUT2D eigenvalue weighted by Crippen LogP contribution is 2.43. The summed E-state index contributed by atoms with van der Waals surface area (Å²) in [5.41, 5.74) is -0.165. The minimum atomic E-state index is -4.42. The topological polar surface area (TPSA) is 107 Å². The third-order valence-electron chi connectivity index (χ3n) is 5.00. The molecule has 1 unspecified atom stereocenters. The molecule has 2 aromatic rings. The lowest BCUT2D eigenvalue weighted by atomic mass is 9.92. The predicted octanol–water partition coefficient (Wildman–Crippen LogP) is 3.04. The summed E-state index contributed by atoms with van der Waals surface area (Å²) in [6, 6.07) is 13.5. The maximum absolute atomic E-state index is 12.7. The number of hydrogen-bond acceptors (Lipinski definition) is 6. The number of sulfonamides is 1. The average molecular weight is 504 g/mol. The summed E-state index contributed by atoms with van der Waals surface area (Å²) in [7, 11) is -3.86. The Morgan fingerprint density at radius 1 is 1.16 bits per heavy atom. The van der Waals surface area contributed by atoms with Gasteiger partial charge in [0.25, 0.3) is 10.1 Å². The third kappa shape index (κ3) is 4.91. The Morgan fingerprint density at radius 2 is 1.81 bits per heavy atom. The van der Waals surface area contributed by atoms with Crippen LogP contribution >= 0.6 is 23.4 Å². The molecule has 1 aliphatic heterocycles. The molecule has 12 heteroatoms. The molecule has 0 radical (unpaired) electrons. The van der Waals surface area contributed by atoms with Crippen molar-refractivity contribution in [2.24, 2.45) is 4.99 Å². The van der Waals surface area contributed by atoms with E-state index in [1.165, 1.54) is 38.0 Å². The van der Waals surface area contributed by atoms with Crippen LogP contribution in [0.2, 0.25) is 5.02 Å². The van der Waals surface area contributed by atoms with Crippen molar-refractivity contribution in [2.75, 3.05) is 32.6 Å². The van der Waals surface area contributed by atoms with Crippen LogP contribution in [-0.2, 0) is 25.7 Å². The Morgan fingerprint density at radius 3 is 2.39 bits per heavy atom. The molecule has 1 saturated heterocycles. The average Bonchev–Trinajstić information content (AvgIpc) is 2.98. The summed E-state index contributed by atoms with van der Waals surface area (Å²) in [5.74, 6) is -0.404. The fraction of sp³-hybridized carbons (Fsp3) is 0.316. The summed E-state index contributed by atoms with van der Waals surface area (Å²) >= 11 is 7.49. The highest BCUT2D eigenvalue weighted by Gasteiger charge is 2.48. The number of nitrogens with zero attached hydrogens (tertiary/aromatic N) is 3. The van der Waals surface area contributed by atoms with Crippen LogP contribution in [0.5, 0.6) is 0 Å². The van der Waals surface area contributed by atoms with E-state index in [1.807, 2.05) is 30.3 Å². The molecule has 0 spiro atoms. The highest BCUT2D eigenvalue weighted by molar-refractivity contribution is 8.14. The van der Waals surface area contributed by atoms with Crippen molar-refractivity contribution >= 4 is 54.4 Å². The number of rotatable bonds is 6. The van der Waals surface area contributed by atoms with Gasteiger partial charge < -0.3 is 4.90 Å². The zero-order valence-corrected chi connectivity index (χ0v) is 20.3. The van der Waals surface area contributed by atoms with E-state index in [0.717, 1.165) is 4.31 Å². The minimum Gasteiger partial charge on any atom is -0.343 e. The van der Waals surface area contributed by atoms with Gasteiger partial charge in [-0.25, -0.2) is 17.7 Å². The van der Waals surface area contributed by atoms with Crippen molar-refractivity contribution in [1.82, 2.24) is 9.21 Å². The number of thioether (sulfide) groups is 1. The summed E-state index contributed by atoms with van der Waals surface area (Å²) in [5, 5.41) is 0.563. The van der Waals surface area contributed by atoms with E-state index in [-0.39, 0.29) is 15.7 Å². The fourth-order valence-electron chi connectivity index (χ4n) is 3.27. The van der Waals surface area contributed by atoms with Crippen LogP contribution in [0.4, 0.5) is 5.69 Å². The monoisotopic (exact) mass is 503 g/mol. The van der Waals surface area contributed by atoms with E-state index in [4.69, 9.17) is 11.6 Å². The van der Waals surface area contributed by atoms with Crippen molar-refractivity contribution in [2.45, 2.75) is 10.4 Å². The first-order valence-electron chi connectivity index (χ1n) is 9.05. The molecule has 0 saturated carbocycles. The molecule has 1 heterocycles. The molecule has 1 fully saturated rings. The van der Waals surface area contributed by atoms with Gasteiger partial charge in [-0.05, 0) is 29.8 Å². The van der Waals surface area contributed by atoms with E-state index < -0.39 is 31.4 Å². The number of amidine groups is 1. The van der Waals surface area contributed by atoms with Gasteiger partial charge in [0.15, 0.2) is 5.17 Å². The molecule has 8 nitrogen and oxygen atoms in total. The maximum Gasteiger partial charge on any atom is 0.267 e. The predicted molar refractivity (Wildman–Crippen MR) is 124 cm³/mol. The lowest BCUT2D eigenvalue weighted by Crippen LogP contribution is -2.47. The van der Waals surface area contributed by atoms with Crippen LogP contribution in [0.3, 0.4) is 0 Å². The molecule has 1 aliphatic rings. The van der Waals surface area contributed by atoms with E-state index in [1.54, 1.807) is 18.0 Å². The van der Waals surface area contributed by atoms with Gasteiger partial charge in [-0.1, -0.05) is 47.6 Å².